The second-order valence-electron chi connectivity index (χ2n) is 13.7. The zero-order valence-electron chi connectivity index (χ0n) is 31.4. The highest BCUT2D eigenvalue weighted by Crippen LogP contribution is 2.39. The molecule has 19 heteroatoms. The maximum Gasteiger partial charge on any atom is 0.269 e. The Morgan fingerprint density at radius 3 is 1.55 bits per heavy atom. The SMILES string of the molecule is N=NC(CC(=N)C(=O)Nc1cc(Br)cc(NC(=O)CCCCN)c1SCCNC1CC1)C(=O)Nc1cc(Br)cc(NC(=O)CCCCN)c1SCCNC1CC1. The third kappa shape index (κ3) is 16.2. The molecular formula is C37H53Br2N11O4S2. The molecule has 0 radical (unpaired) electrons. The van der Waals surface area contributed by atoms with E-state index in [1.54, 1.807) is 24.3 Å². The maximum absolute atomic E-state index is 13.6. The number of halogens is 2. The van der Waals surface area contributed by atoms with Crippen molar-refractivity contribution in [2.24, 2.45) is 16.6 Å². The lowest BCUT2D eigenvalue weighted by Gasteiger charge is -2.19. The average Bonchev–Trinajstić information content (AvgIpc) is 4.09. The Bertz CT molecular complexity index is 1710. The molecule has 1 unspecified atom stereocenters. The molecule has 2 aliphatic rings. The number of rotatable bonds is 27. The summed E-state index contributed by atoms with van der Waals surface area (Å²) in [5, 5.41) is 30.7. The summed E-state index contributed by atoms with van der Waals surface area (Å²) in [6.07, 6.45) is 7.49. The van der Waals surface area contributed by atoms with E-state index in [-0.39, 0.29) is 11.8 Å². The highest BCUT2D eigenvalue weighted by Gasteiger charge is 2.27. The first-order valence-corrected chi connectivity index (χ1v) is 22.5. The minimum absolute atomic E-state index is 0.177. The minimum Gasteiger partial charge on any atom is -0.330 e. The van der Waals surface area contributed by atoms with Crippen LogP contribution in [0.25, 0.3) is 0 Å². The van der Waals surface area contributed by atoms with Crippen LogP contribution in [0, 0.1) is 10.9 Å². The number of amides is 4. The fraction of sp³-hybridized carbons (Fsp3) is 0.541. The van der Waals surface area contributed by atoms with Gasteiger partial charge in [0, 0.05) is 64.9 Å². The van der Waals surface area contributed by atoms with Crippen molar-refractivity contribution in [3.8, 4) is 0 Å². The Balaban J connectivity index is 1.47. The van der Waals surface area contributed by atoms with Gasteiger partial charge >= 0.3 is 0 Å². The molecule has 0 spiro atoms. The zero-order valence-corrected chi connectivity index (χ0v) is 36.2. The molecule has 12 N–H and O–H groups in total. The van der Waals surface area contributed by atoms with Gasteiger partial charge in [-0.25, -0.2) is 5.53 Å². The van der Waals surface area contributed by atoms with Crippen molar-refractivity contribution >= 4 is 107 Å². The first kappa shape index (κ1) is 45.8. The largest absolute Gasteiger partial charge is 0.330 e. The molecule has 2 saturated carbocycles. The van der Waals surface area contributed by atoms with E-state index < -0.39 is 30.0 Å². The molecule has 0 aromatic heterocycles. The molecule has 56 heavy (non-hydrogen) atoms. The van der Waals surface area contributed by atoms with Crippen LogP contribution < -0.4 is 43.4 Å². The van der Waals surface area contributed by atoms with Gasteiger partial charge in [0.2, 0.25) is 11.8 Å². The Labute approximate surface area is 353 Å². The van der Waals surface area contributed by atoms with Gasteiger partial charge in [0.05, 0.1) is 38.3 Å². The molecule has 1 atom stereocenters. The van der Waals surface area contributed by atoms with E-state index >= 15 is 0 Å². The van der Waals surface area contributed by atoms with Gasteiger partial charge in [-0.15, -0.1) is 23.5 Å². The fourth-order valence-electron chi connectivity index (χ4n) is 5.46. The summed E-state index contributed by atoms with van der Waals surface area (Å²) in [4.78, 5) is 54.1. The van der Waals surface area contributed by atoms with Crippen LogP contribution in [0.5, 0.6) is 0 Å². The van der Waals surface area contributed by atoms with E-state index in [2.05, 4.69) is 68.9 Å². The quantitative estimate of drug-likeness (QED) is 0.0204. The van der Waals surface area contributed by atoms with Gasteiger partial charge in [0.15, 0.2) is 6.04 Å². The molecule has 0 saturated heterocycles. The van der Waals surface area contributed by atoms with Crippen molar-refractivity contribution in [1.82, 2.24) is 10.6 Å². The molecular weight excluding hydrogens is 886 g/mol. The van der Waals surface area contributed by atoms with Gasteiger partial charge in [0.1, 0.15) is 0 Å². The molecule has 2 aromatic rings. The average molecular weight is 940 g/mol. The number of benzene rings is 2. The van der Waals surface area contributed by atoms with Crippen LogP contribution in [-0.2, 0) is 19.2 Å². The lowest BCUT2D eigenvalue weighted by atomic mass is 10.1. The first-order valence-electron chi connectivity index (χ1n) is 19.0. The van der Waals surface area contributed by atoms with E-state index in [1.165, 1.54) is 23.5 Å². The summed E-state index contributed by atoms with van der Waals surface area (Å²) in [5.41, 5.74) is 20.4. The van der Waals surface area contributed by atoms with E-state index in [0.717, 1.165) is 51.6 Å². The summed E-state index contributed by atoms with van der Waals surface area (Å²) in [7, 11) is 0. The van der Waals surface area contributed by atoms with Crippen LogP contribution in [0.2, 0.25) is 0 Å². The first-order chi connectivity index (χ1) is 27.0. The van der Waals surface area contributed by atoms with Crippen LogP contribution in [0.3, 0.4) is 0 Å². The van der Waals surface area contributed by atoms with Crippen molar-refractivity contribution in [2.75, 3.05) is 59.0 Å². The molecule has 306 valence electrons. The second kappa shape index (κ2) is 24.1. The lowest BCUT2D eigenvalue weighted by molar-refractivity contribution is -0.117. The van der Waals surface area contributed by atoms with Gasteiger partial charge in [-0.3, -0.25) is 24.6 Å². The Morgan fingerprint density at radius 1 is 0.714 bits per heavy atom. The molecule has 0 heterocycles. The van der Waals surface area contributed by atoms with E-state index in [4.69, 9.17) is 22.4 Å². The number of thioether (sulfide) groups is 2. The van der Waals surface area contributed by atoms with Crippen LogP contribution in [0.1, 0.15) is 70.6 Å². The van der Waals surface area contributed by atoms with Crippen LogP contribution >= 0.6 is 55.4 Å². The van der Waals surface area contributed by atoms with Crippen molar-refractivity contribution in [3.05, 3.63) is 33.2 Å². The lowest BCUT2D eigenvalue weighted by Crippen LogP contribution is -2.32. The van der Waals surface area contributed by atoms with Crippen molar-refractivity contribution in [3.63, 3.8) is 0 Å². The number of carbonyl (C=O) groups is 4. The number of carbonyl (C=O) groups excluding carboxylic acids is 4. The molecule has 4 amide bonds. The minimum atomic E-state index is -1.39. The van der Waals surface area contributed by atoms with Crippen LogP contribution in [0.4, 0.5) is 22.7 Å². The number of hydrogen-bond donors (Lipinski definition) is 10. The highest BCUT2D eigenvalue weighted by molar-refractivity contribution is 9.10. The van der Waals surface area contributed by atoms with Gasteiger partial charge in [-0.2, -0.15) is 5.11 Å². The van der Waals surface area contributed by atoms with Gasteiger partial charge < -0.3 is 43.4 Å². The van der Waals surface area contributed by atoms with Crippen molar-refractivity contribution in [2.45, 2.75) is 98.5 Å². The third-order valence-corrected chi connectivity index (χ3v) is 11.9. The number of nitrogens with one attached hydrogen (secondary N) is 8. The predicted octanol–water partition coefficient (Wildman–Crippen LogP) is 6.42. The highest BCUT2D eigenvalue weighted by atomic mass is 79.9. The van der Waals surface area contributed by atoms with Gasteiger partial charge in [-0.1, -0.05) is 31.9 Å². The number of nitrogens with zero attached hydrogens (tertiary/aromatic N) is 1. The summed E-state index contributed by atoms with van der Waals surface area (Å²) >= 11 is 9.92. The maximum atomic E-state index is 13.6. The standard InChI is InChI=1S/C37H53Br2N11O4S2/c38-22-17-27(46-32(51)5-1-3-11-40)34(55-15-13-44-24-7-8-24)29(19-22)48-36(53)26(42)21-31(50-43)37(54)49-30-20-23(39)18-28(47-33(52)6-2-4-12-41)35(30)56-16-14-45-25-9-10-25/h17-20,24-25,31,42-45H,1-16,21,40-41H2,(H,46,51)(H,47,52)(H,48,53)(H,49,54). The van der Waals surface area contributed by atoms with Crippen molar-refractivity contribution < 1.29 is 19.2 Å². The molecule has 0 aliphatic heterocycles. The normalized spacial score (nSPS) is 14.1. The molecule has 2 fully saturated rings. The van der Waals surface area contributed by atoms with E-state index in [9.17, 15) is 19.2 Å². The monoisotopic (exact) mass is 937 g/mol. The van der Waals surface area contributed by atoms with Crippen LogP contribution in [-0.4, -0.2) is 85.2 Å². The van der Waals surface area contributed by atoms with Gasteiger partial charge in [-0.05, 0) is 88.7 Å². The summed E-state index contributed by atoms with van der Waals surface area (Å²) < 4.78 is 1.21. The topological polar surface area (TPSA) is 253 Å². The molecule has 15 nitrogen and oxygen atoms in total. The number of anilines is 4. The Morgan fingerprint density at radius 2 is 1.14 bits per heavy atom. The molecule has 0 bridgehead atoms. The Hall–Kier alpha value is -2.91. The summed E-state index contributed by atoms with van der Waals surface area (Å²) in [6, 6.07) is 6.62. The Kier molecular flexibility index (Phi) is 19.7. The number of hydrogen-bond acceptors (Lipinski definition) is 13. The van der Waals surface area contributed by atoms with Gasteiger partial charge in [0.25, 0.3) is 11.8 Å². The van der Waals surface area contributed by atoms with E-state index in [1.807, 2.05) is 0 Å². The fourth-order valence-corrected chi connectivity index (χ4v) is 8.28. The molecule has 2 aromatic carbocycles. The second-order valence-corrected chi connectivity index (χ2v) is 17.7. The predicted molar refractivity (Wildman–Crippen MR) is 233 cm³/mol. The smallest absolute Gasteiger partial charge is 0.269 e. The zero-order chi connectivity index (χ0) is 40.5. The molecule has 4 rings (SSSR count). The number of unbranched alkanes of at least 4 members (excludes halogenated alkanes) is 2. The number of nitrogens with two attached hydrogens (primary N) is 2. The van der Waals surface area contributed by atoms with Crippen molar-refractivity contribution in [1.29, 1.82) is 10.9 Å². The third-order valence-electron chi connectivity index (χ3n) is 8.73. The van der Waals surface area contributed by atoms with E-state index in [0.29, 0.717) is 104 Å². The molecule has 2 aliphatic carbocycles. The van der Waals surface area contributed by atoms with Crippen LogP contribution in [0.15, 0.2) is 48.1 Å². The summed E-state index contributed by atoms with van der Waals surface area (Å²) in [6.45, 7) is 2.46. The summed E-state index contributed by atoms with van der Waals surface area (Å²) in [5.74, 6) is -0.477.